The fourth-order valence-electron chi connectivity index (χ4n) is 3.04. The van der Waals surface area contributed by atoms with E-state index in [2.05, 4.69) is 20.8 Å². The van der Waals surface area contributed by atoms with E-state index in [1.165, 1.54) is 31.4 Å². The van der Waals surface area contributed by atoms with E-state index >= 15 is 0 Å². The van der Waals surface area contributed by atoms with Gasteiger partial charge in [-0.25, -0.2) is 0 Å². The van der Waals surface area contributed by atoms with Crippen LogP contribution in [0.15, 0.2) is 48.0 Å². The Hall–Kier alpha value is -4.43. The summed E-state index contributed by atoms with van der Waals surface area (Å²) in [6.45, 7) is 5.95. The van der Waals surface area contributed by atoms with Gasteiger partial charge < -0.3 is 19.5 Å². The lowest BCUT2D eigenvalue weighted by Gasteiger charge is -2.12. The number of hydrogen-bond acceptors (Lipinski definition) is 9. The molecule has 0 aliphatic rings. The molecule has 0 saturated heterocycles. The Morgan fingerprint density at radius 2 is 1.78 bits per heavy atom. The van der Waals surface area contributed by atoms with Gasteiger partial charge in [0.2, 0.25) is 11.0 Å². The molecule has 2 aromatic carbocycles. The molecular weight excluding hydrogens is 494 g/mol. The molecule has 1 aromatic heterocycles. The van der Waals surface area contributed by atoms with Gasteiger partial charge in [-0.3, -0.25) is 14.9 Å². The van der Waals surface area contributed by atoms with E-state index in [4.69, 9.17) is 14.2 Å². The van der Waals surface area contributed by atoms with Crippen LogP contribution in [0.25, 0.3) is 6.08 Å². The largest absolute Gasteiger partial charge is 0.493 e. The summed E-state index contributed by atoms with van der Waals surface area (Å²) in [4.78, 5) is 23.6. The first kappa shape index (κ1) is 27.2. The summed E-state index contributed by atoms with van der Waals surface area (Å²) in [7, 11) is 1.50. The third-order valence-corrected chi connectivity index (χ3v) is 5.94. The van der Waals surface area contributed by atoms with Crippen LogP contribution < -0.4 is 24.8 Å². The second-order valence-electron chi connectivity index (χ2n) is 8.04. The zero-order chi connectivity index (χ0) is 26.8. The maximum absolute atomic E-state index is 12.6. The standard InChI is InChI=1S/C26H27N5O5S/c1-16(2)25-30-31-26(37-25)29-24(33)19(15-27)13-18-5-10-22(23(14-18)34-4)36-12-11-35-21-8-6-20(7-9-21)28-17(3)32/h5-10,13-14,16H,11-12H2,1-4H3,(H,28,32)(H,29,31,33). The third-order valence-electron chi connectivity index (χ3n) is 4.80. The highest BCUT2D eigenvalue weighted by Gasteiger charge is 2.15. The number of hydrogen-bond donors (Lipinski definition) is 2. The van der Waals surface area contributed by atoms with Crippen molar-refractivity contribution < 1.29 is 23.8 Å². The van der Waals surface area contributed by atoms with Crippen LogP contribution in [0.3, 0.4) is 0 Å². The number of carbonyl (C=O) groups excluding carboxylic acids is 2. The number of ether oxygens (including phenoxy) is 3. The van der Waals surface area contributed by atoms with Gasteiger partial charge in [0.25, 0.3) is 5.91 Å². The summed E-state index contributed by atoms with van der Waals surface area (Å²) < 4.78 is 16.9. The van der Waals surface area contributed by atoms with Gasteiger partial charge in [-0.2, -0.15) is 5.26 Å². The van der Waals surface area contributed by atoms with Crippen LogP contribution in [0, 0.1) is 11.3 Å². The Bertz CT molecular complexity index is 1310. The molecule has 0 saturated carbocycles. The highest BCUT2D eigenvalue weighted by Crippen LogP contribution is 2.29. The van der Waals surface area contributed by atoms with Crippen molar-refractivity contribution in [1.82, 2.24) is 10.2 Å². The SMILES string of the molecule is COc1cc(C=C(C#N)C(=O)Nc2nnc(C(C)C)s2)ccc1OCCOc1ccc(NC(C)=O)cc1. The van der Waals surface area contributed by atoms with E-state index in [9.17, 15) is 14.9 Å². The molecule has 1 heterocycles. The molecule has 192 valence electrons. The minimum atomic E-state index is -0.574. The van der Waals surface area contributed by atoms with Gasteiger partial charge >= 0.3 is 0 Å². The molecule has 0 spiro atoms. The Labute approximate surface area is 218 Å². The molecule has 10 nitrogen and oxygen atoms in total. The van der Waals surface area contributed by atoms with Crippen LogP contribution in [0.2, 0.25) is 0 Å². The van der Waals surface area contributed by atoms with E-state index in [0.717, 1.165) is 5.01 Å². The van der Waals surface area contributed by atoms with Crippen molar-refractivity contribution in [2.75, 3.05) is 31.0 Å². The van der Waals surface area contributed by atoms with Crippen molar-refractivity contribution >= 4 is 40.0 Å². The molecule has 2 amide bonds. The number of rotatable bonds is 11. The Morgan fingerprint density at radius 3 is 2.41 bits per heavy atom. The van der Waals surface area contributed by atoms with E-state index in [0.29, 0.717) is 33.6 Å². The molecule has 3 rings (SSSR count). The molecule has 37 heavy (non-hydrogen) atoms. The van der Waals surface area contributed by atoms with Crippen LogP contribution >= 0.6 is 11.3 Å². The summed E-state index contributed by atoms with van der Waals surface area (Å²) in [6.07, 6.45) is 1.46. The molecule has 3 aromatic rings. The summed E-state index contributed by atoms with van der Waals surface area (Å²) in [5, 5.41) is 23.9. The predicted octanol–water partition coefficient (Wildman–Crippen LogP) is 4.63. The van der Waals surface area contributed by atoms with Gasteiger partial charge in [0.15, 0.2) is 11.5 Å². The van der Waals surface area contributed by atoms with Crippen molar-refractivity contribution in [3.63, 3.8) is 0 Å². The highest BCUT2D eigenvalue weighted by molar-refractivity contribution is 7.15. The number of nitriles is 1. The summed E-state index contributed by atoms with van der Waals surface area (Å²) in [5.74, 6) is 1.05. The van der Waals surface area contributed by atoms with Gasteiger partial charge in [0.05, 0.1) is 7.11 Å². The van der Waals surface area contributed by atoms with Gasteiger partial charge in [0, 0.05) is 18.5 Å². The summed E-state index contributed by atoms with van der Waals surface area (Å²) in [5.41, 5.74) is 1.19. The molecule has 0 fully saturated rings. The van der Waals surface area contributed by atoms with Crippen LogP contribution in [-0.2, 0) is 9.59 Å². The topological polar surface area (TPSA) is 135 Å². The van der Waals surface area contributed by atoms with Crippen molar-refractivity contribution in [2.24, 2.45) is 0 Å². The number of benzene rings is 2. The average Bonchev–Trinajstić information content (AvgIpc) is 3.35. The minimum Gasteiger partial charge on any atom is -0.493 e. The van der Waals surface area contributed by atoms with E-state index < -0.39 is 5.91 Å². The second-order valence-corrected chi connectivity index (χ2v) is 9.05. The zero-order valence-corrected chi connectivity index (χ0v) is 21.7. The van der Waals surface area contributed by atoms with Crippen molar-refractivity contribution in [1.29, 1.82) is 5.26 Å². The molecule has 0 bridgehead atoms. The Balaban J connectivity index is 1.58. The first-order valence-electron chi connectivity index (χ1n) is 11.4. The molecule has 2 N–H and O–H groups in total. The Kier molecular flexibility index (Phi) is 9.57. The molecule has 0 atom stereocenters. The van der Waals surface area contributed by atoms with Crippen molar-refractivity contribution in [3.05, 3.63) is 58.6 Å². The highest BCUT2D eigenvalue weighted by atomic mass is 32.1. The fraction of sp³-hybridized carbons (Fsp3) is 0.269. The van der Waals surface area contributed by atoms with Gasteiger partial charge in [-0.05, 0) is 48.0 Å². The van der Waals surface area contributed by atoms with Gasteiger partial charge in [-0.1, -0.05) is 31.3 Å². The molecule has 0 radical (unpaired) electrons. The van der Waals surface area contributed by atoms with Crippen LogP contribution in [0.5, 0.6) is 17.2 Å². The number of anilines is 2. The molecular formula is C26H27N5O5S. The van der Waals surface area contributed by atoms with Crippen molar-refractivity contribution in [2.45, 2.75) is 26.7 Å². The maximum atomic E-state index is 12.6. The molecule has 0 unspecified atom stereocenters. The van der Waals surface area contributed by atoms with E-state index in [1.807, 2.05) is 19.9 Å². The number of nitrogens with one attached hydrogen (secondary N) is 2. The number of carbonyl (C=O) groups is 2. The number of methoxy groups -OCH3 is 1. The van der Waals surface area contributed by atoms with Crippen LogP contribution in [-0.4, -0.2) is 42.3 Å². The minimum absolute atomic E-state index is 0.0880. The lowest BCUT2D eigenvalue weighted by molar-refractivity contribution is -0.114. The van der Waals surface area contributed by atoms with Crippen molar-refractivity contribution in [3.8, 4) is 23.3 Å². The molecule has 0 aliphatic carbocycles. The second kappa shape index (κ2) is 13.0. The fourth-order valence-corrected chi connectivity index (χ4v) is 3.78. The normalized spacial score (nSPS) is 11.0. The lowest BCUT2D eigenvalue weighted by atomic mass is 10.1. The summed E-state index contributed by atoms with van der Waals surface area (Å²) in [6, 6.07) is 14.0. The zero-order valence-electron chi connectivity index (χ0n) is 20.9. The molecule has 0 aliphatic heterocycles. The Morgan fingerprint density at radius 1 is 1.05 bits per heavy atom. The molecule has 11 heteroatoms. The third kappa shape index (κ3) is 8.05. The number of aromatic nitrogens is 2. The average molecular weight is 522 g/mol. The predicted molar refractivity (Wildman–Crippen MR) is 141 cm³/mol. The monoisotopic (exact) mass is 521 g/mol. The van der Waals surface area contributed by atoms with E-state index in [1.54, 1.807) is 42.5 Å². The number of amides is 2. The quantitative estimate of drug-likeness (QED) is 0.212. The first-order valence-corrected chi connectivity index (χ1v) is 12.2. The van der Waals surface area contributed by atoms with Gasteiger partial charge in [0.1, 0.15) is 35.6 Å². The van der Waals surface area contributed by atoms with Crippen LogP contribution in [0.4, 0.5) is 10.8 Å². The van der Waals surface area contributed by atoms with Crippen LogP contribution in [0.1, 0.15) is 37.3 Å². The first-order chi connectivity index (χ1) is 17.8. The van der Waals surface area contributed by atoms with E-state index in [-0.39, 0.29) is 30.6 Å². The maximum Gasteiger partial charge on any atom is 0.268 e. The summed E-state index contributed by atoms with van der Waals surface area (Å²) >= 11 is 1.27. The number of nitrogens with zero attached hydrogens (tertiary/aromatic N) is 3. The van der Waals surface area contributed by atoms with Gasteiger partial charge in [-0.15, -0.1) is 10.2 Å². The smallest absolute Gasteiger partial charge is 0.268 e. The lowest BCUT2D eigenvalue weighted by Crippen LogP contribution is -2.13.